The molecule has 0 bridgehead atoms. The molecule has 66 valence electrons. The molecule has 1 atom stereocenters. The van der Waals surface area contributed by atoms with Crippen LogP contribution in [0.25, 0.3) is 0 Å². The Hall–Kier alpha value is -0.530. The molecule has 1 saturated heterocycles. The largest absolute Gasteiger partial charge is 0.356 e. The number of rotatable bonds is 0. The van der Waals surface area contributed by atoms with Crippen molar-refractivity contribution in [3.05, 3.63) is 0 Å². The summed E-state index contributed by atoms with van der Waals surface area (Å²) in [6.45, 7) is 9.44. The number of hydrogen-bond donors (Lipinski definition) is 1. The summed E-state index contributed by atoms with van der Waals surface area (Å²) in [6, 6.07) is 0. The van der Waals surface area contributed by atoms with Gasteiger partial charge in [-0.3, -0.25) is 4.79 Å². The molecule has 0 spiro atoms. The van der Waals surface area contributed by atoms with Crippen LogP contribution in [0.2, 0.25) is 0 Å². The SMILES string of the molecule is CC(C)C.CC1CNC(=O)C1. The minimum absolute atomic E-state index is 0.201. The van der Waals surface area contributed by atoms with Gasteiger partial charge in [-0.2, -0.15) is 0 Å². The van der Waals surface area contributed by atoms with E-state index in [4.69, 9.17) is 0 Å². The molecule has 1 fully saturated rings. The number of nitrogens with one attached hydrogen (secondary N) is 1. The molecule has 2 nitrogen and oxygen atoms in total. The van der Waals surface area contributed by atoms with Crippen LogP contribution >= 0.6 is 0 Å². The Morgan fingerprint density at radius 1 is 1.45 bits per heavy atom. The predicted octanol–water partition coefficient (Wildman–Crippen LogP) is 1.80. The Morgan fingerprint density at radius 2 is 1.91 bits per heavy atom. The van der Waals surface area contributed by atoms with Crippen LogP contribution in [0.1, 0.15) is 34.1 Å². The second-order valence-electron chi connectivity index (χ2n) is 3.85. The van der Waals surface area contributed by atoms with Gasteiger partial charge in [0.25, 0.3) is 0 Å². The summed E-state index contributed by atoms with van der Waals surface area (Å²) in [5, 5.41) is 2.73. The van der Waals surface area contributed by atoms with Crippen LogP contribution in [0.15, 0.2) is 0 Å². The van der Waals surface area contributed by atoms with Gasteiger partial charge < -0.3 is 5.32 Å². The molecule has 1 rings (SSSR count). The third-order valence-corrected chi connectivity index (χ3v) is 1.18. The minimum atomic E-state index is 0.201. The van der Waals surface area contributed by atoms with Crippen molar-refractivity contribution in [2.75, 3.05) is 6.54 Å². The van der Waals surface area contributed by atoms with E-state index in [9.17, 15) is 4.79 Å². The molecule has 0 aromatic heterocycles. The van der Waals surface area contributed by atoms with E-state index in [1.807, 2.05) is 0 Å². The van der Waals surface area contributed by atoms with Crippen LogP contribution in [-0.4, -0.2) is 12.5 Å². The van der Waals surface area contributed by atoms with Crippen LogP contribution in [0.3, 0.4) is 0 Å². The van der Waals surface area contributed by atoms with Gasteiger partial charge >= 0.3 is 0 Å². The number of amides is 1. The molecule has 0 saturated carbocycles. The monoisotopic (exact) mass is 157 g/mol. The standard InChI is InChI=1S/C5H9NO.C4H10/c1-4-2-5(7)6-3-4;1-4(2)3/h4H,2-3H2,1H3,(H,6,7);4H,1-3H3. The van der Waals surface area contributed by atoms with E-state index in [1.165, 1.54) is 0 Å². The van der Waals surface area contributed by atoms with Gasteiger partial charge in [0, 0.05) is 13.0 Å². The lowest BCUT2D eigenvalue weighted by atomic mass is 10.2. The fourth-order valence-corrected chi connectivity index (χ4v) is 0.749. The third-order valence-electron chi connectivity index (χ3n) is 1.18. The summed E-state index contributed by atoms with van der Waals surface area (Å²) in [6.07, 6.45) is 0.722. The number of carbonyl (C=O) groups excluding carboxylic acids is 1. The first-order valence-electron chi connectivity index (χ1n) is 4.29. The third kappa shape index (κ3) is 7.37. The highest BCUT2D eigenvalue weighted by Crippen LogP contribution is 2.05. The van der Waals surface area contributed by atoms with Crippen molar-refractivity contribution >= 4 is 5.91 Å². The summed E-state index contributed by atoms with van der Waals surface area (Å²) in [5.74, 6) is 1.60. The zero-order valence-electron chi connectivity index (χ0n) is 7.98. The Bertz CT molecular complexity index is 118. The number of hydrogen-bond acceptors (Lipinski definition) is 1. The van der Waals surface area contributed by atoms with Gasteiger partial charge in [-0.1, -0.05) is 27.7 Å². The molecule has 0 radical (unpaired) electrons. The van der Waals surface area contributed by atoms with Crippen molar-refractivity contribution in [3.63, 3.8) is 0 Å². The van der Waals surface area contributed by atoms with E-state index in [0.717, 1.165) is 18.9 Å². The first kappa shape index (κ1) is 10.5. The predicted molar refractivity (Wildman–Crippen MR) is 47.3 cm³/mol. The number of carbonyl (C=O) groups is 1. The summed E-state index contributed by atoms with van der Waals surface area (Å²) >= 11 is 0. The first-order chi connectivity index (χ1) is 5.02. The molecule has 11 heavy (non-hydrogen) atoms. The summed E-state index contributed by atoms with van der Waals surface area (Å²) in [5.41, 5.74) is 0. The van der Waals surface area contributed by atoms with E-state index in [-0.39, 0.29) is 5.91 Å². The lowest BCUT2D eigenvalue weighted by molar-refractivity contribution is -0.119. The lowest BCUT2D eigenvalue weighted by Crippen LogP contribution is -2.13. The minimum Gasteiger partial charge on any atom is -0.356 e. The molecule has 1 heterocycles. The maximum absolute atomic E-state index is 10.3. The van der Waals surface area contributed by atoms with Gasteiger partial charge in [0.1, 0.15) is 0 Å². The lowest BCUT2D eigenvalue weighted by Gasteiger charge is -1.88. The quantitative estimate of drug-likeness (QED) is 0.571. The van der Waals surface area contributed by atoms with Gasteiger partial charge in [0.05, 0.1) is 0 Å². The molecule has 0 aliphatic carbocycles. The summed E-state index contributed by atoms with van der Waals surface area (Å²) in [7, 11) is 0. The second-order valence-corrected chi connectivity index (χ2v) is 3.85. The van der Waals surface area contributed by atoms with E-state index < -0.39 is 0 Å². The van der Waals surface area contributed by atoms with E-state index in [1.54, 1.807) is 0 Å². The van der Waals surface area contributed by atoms with Crippen molar-refractivity contribution in [2.45, 2.75) is 34.1 Å². The van der Waals surface area contributed by atoms with E-state index >= 15 is 0 Å². The maximum Gasteiger partial charge on any atom is 0.220 e. The van der Waals surface area contributed by atoms with E-state index in [0.29, 0.717) is 5.92 Å². The Balaban J connectivity index is 0.000000218. The Labute approximate surface area is 69.4 Å². The molecular weight excluding hydrogens is 138 g/mol. The molecule has 1 aliphatic heterocycles. The van der Waals surface area contributed by atoms with Gasteiger partial charge in [0.2, 0.25) is 5.91 Å². The zero-order valence-corrected chi connectivity index (χ0v) is 7.98. The molecule has 2 heteroatoms. The molecule has 0 aromatic carbocycles. The highest BCUT2D eigenvalue weighted by molar-refractivity contribution is 5.78. The fraction of sp³-hybridized carbons (Fsp3) is 0.889. The fourth-order valence-electron chi connectivity index (χ4n) is 0.749. The topological polar surface area (TPSA) is 29.1 Å². The van der Waals surface area contributed by atoms with Crippen LogP contribution in [-0.2, 0) is 4.79 Å². The average Bonchev–Trinajstić information content (AvgIpc) is 2.13. The zero-order chi connectivity index (χ0) is 8.85. The smallest absolute Gasteiger partial charge is 0.220 e. The highest BCUT2D eigenvalue weighted by atomic mass is 16.1. The van der Waals surface area contributed by atoms with E-state index in [2.05, 4.69) is 33.0 Å². The van der Waals surface area contributed by atoms with Gasteiger partial charge in [0.15, 0.2) is 0 Å². The maximum atomic E-state index is 10.3. The average molecular weight is 157 g/mol. The molecule has 1 unspecified atom stereocenters. The molecule has 1 aliphatic rings. The van der Waals surface area contributed by atoms with Crippen molar-refractivity contribution in [2.24, 2.45) is 11.8 Å². The van der Waals surface area contributed by atoms with Crippen LogP contribution in [0.4, 0.5) is 0 Å². The van der Waals surface area contributed by atoms with Gasteiger partial charge in [-0.25, -0.2) is 0 Å². The molecule has 1 amide bonds. The Morgan fingerprint density at radius 3 is 2.00 bits per heavy atom. The second kappa shape index (κ2) is 5.16. The van der Waals surface area contributed by atoms with Gasteiger partial charge in [-0.15, -0.1) is 0 Å². The van der Waals surface area contributed by atoms with Crippen molar-refractivity contribution in [1.29, 1.82) is 0 Å². The van der Waals surface area contributed by atoms with Crippen LogP contribution < -0.4 is 5.32 Å². The molecule has 0 aromatic rings. The van der Waals surface area contributed by atoms with Crippen molar-refractivity contribution < 1.29 is 4.79 Å². The van der Waals surface area contributed by atoms with Crippen LogP contribution in [0.5, 0.6) is 0 Å². The normalized spacial score (nSPS) is 22.6. The van der Waals surface area contributed by atoms with Crippen molar-refractivity contribution in [3.8, 4) is 0 Å². The summed E-state index contributed by atoms with van der Waals surface area (Å²) < 4.78 is 0. The van der Waals surface area contributed by atoms with Crippen molar-refractivity contribution in [1.82, 2.24) is 5.32 Å². The summed E-state index contributed by atoms with van der Waals surface area (Å²) in [4.78, 5) is 10.3. The first-order valence-corrected chi connectivity index (χ1v) is 4.29. The molecular formula is C9H19NO. The molecule has 1 N–H and O–H groups in total. The van der Waals surface area contributed by atoms with Gasteiger partial charge in [-0.05, 0) is 11.8 Å². The highest BCUT2D eigenvalue weighted by Gasteiger charge is 2.15. The van der Waals surface area contributed by atoms with Crippen LogP contribution in [0, 0.1) is 11.8 Å². The Kier molecular flexibility index (Phi) is 4.92.